The standard InChI is InChI=1S/C18H21ClN2O2/c19-15-7-5-14(6-8-15)12-18(22)20-13-16(17-4-3-11-23-17)21-9-1-2-10-21/h3-8,11,16H,1-2,9-10,12-13H2,(H,20,22)/t16-/m1/s1. The first-order valence-electron chi connectivity index (χ1n) is 8.01. The first kappa shape index (κ1) is 16.1. The van der Waals surface area contributed by atoms with Crippen LogP contribution < -0.4 is 5.32 Å². The van der Waals surface area contributed by atoms with Crippen LogP contribution in [-0.2, 0) is 11.2 Å². The number of hydrogen-bond acceptors (Lipinski definition) is 3. The molecule has 1 atom stereocenters. The Kier molecular flexibility index (Phi) is 5.36. The lowest BCUT2D eigenvalue weighted by Crippen LogP contribution is -2.37. The van der Waals surface area contributed by atoms with Crippen molar-refractivity contribution in [3.8, 4) is 0 Å². The zero-order valence-corrected chi connectivity index (χ0v) is 13.8. The predicted octanol–water partition coefficient (Wildman–Crippen LogP) is 3.43. The molecule has 0 radical (unpaired) electrons. The normalized spacial score (nSPS) is 16.4. The van der Waals surface area contributed by atoms with E-state index in [1.165, 1.54) is 12.8 Å². The van der Waals surface area contributed by atoms with Crippen LogP contribution in [0.5, 0.6) is 0 Å². The highest BCUT2D eigenvalue weighted by atomic mass is 35.5. The number of nitrogens with zero attached hydrogens (tertiary/aromatic N) is 1. The van der Waals surface area contributed by atoms with Gasteiger partial charge in [-0.15, -0.1) is 0 Å². The molecule has 1 fully saturated rings. The third-order valence-electron chi connectivity index (χ3n) is 4.22. The highest BCUT2D eigenvalue weighted by Crippen LogP contribution is 2.24. The Morgan fingerprint density at radius 3 is 2.61 bits per heavy atom. The average molecular weight is 333 g/mol. The van der Waals surface area contributed by atoms with Crippen LogP contribution in [0.1, 0.15) is 30.2 Å². The Morgan fingerprint density at radius 2 is 1.96 bits per heavy atom. The maximum absolute atomic E-state index is 12.2. The third kappa shape index (κ3) is 4.36. The number of benzene rings is 1. The highest BCUT2D eigenvalue weighted by Gasteiger charge is 2.25. The summed E-state index contributed by atoms with van der Waals surface area (Å²) in [5.74, 6) is 0.932. The summed E-state index contributed by atoms with van der Waals surface area (Å²) in [7, 11) is 0. The summed E-state index contributed by atoms with van der Waals surface area (Å²) in [6.45, 7) is 2.68. The van der Waals surface area contributed by atoms with Gasteiger partial charge in [0.15, 0.2) is 0 Å². The van der Waals surface area contributed by atoms with Crippen LogP contribution in [0, 0.1) is 0 Å². The number of amides is 1. The first-order chi connectivity index (χ1) is 11.2. The minimum absolute atomic E-state index is 0.0167. The maximum atomic E-state index is 12.2. The van der Waals surface area contributed by atoms with Crippen molar-refractivity contribution in [2.45, 2.75) is 25.3 Å². The minimum Gasteiger partial charge on any atom is -0.468 e. The van der Waals surface area contributed by atoms with Crippen molar-refractivity contribution in [2.24, 2.45) is 0 Å². The van der Waals surface area contributed by atoms with Crippen molar-refractivity contribution in [1.82, 2.24) is 10.2 Å². The number of carbonyl (C=O) groups is 1. The van der Waals surface area contributed by atoms with Crippen molar-refractivity contribution in [3.63, 3.8) is 0 Å². The molecule has 1 aromatic heterocycles. The maximum Gasteiger partial charge on any atom is 0.224 e. The van der Waals surface area contributed by atoms with E-state index in [9.17, 15) is 4.79 Å². The lowest BCUT2D eigenvalue weighted by atomic mass is 10.1. The van der Waals surface area contributed by atoms with Crippen LogP contribution in [0.4, 0.5) is 0 Å². The smallest absolute Gasteiger partial charge is 0.224 e. The molecule has 0 spiro atoms. The van der Waals surface area contributed by atoms with Crippen LogP contribution >= 0.6 is 11.6 Å². The van der Waals surface area contributed by atoms with Crippen LogP contribution in [0.15, 0.2) is 47.1 Å². The predicted molar refractivity (Wildman–Crippen MR) is 90.4 cm³/mol. The lowest BCUT2D eigenvalue weighted by Gasteiger charge is -2.26. The van der Waals surface area contributed by atoms with E-state index in [1.807, 2.05) is 24.3 Å². The topological polar surface area (TPSA) is 45.5 Å². The zero-order valence-electron chi connectivity index (χ0n) is 13.0. The van der Waals surface area contributed by atoms with Crippen molar-refractivity contribution in [1.29, 1.82) is 0 Å². The molecular weight excluding hydrogens is 312 g/mol. The Balaban J connectivity index is 1.57. The second kappa shape index (κ2) is 7.66. The summed E-state index contributed by atoms with van der Waals surface area (Å²) >= 11 is 5.86. The van der Waals surface area contributed by atoms with Gasteiger partial charge in [-0.2, -0.15) is 0 Å². The number of nitrogens with one attached hydrogen (secondary N) is 1. The second-order valence-corrected chi connectivity index (χ2v) is 6.32. The molecule has 1 N–H and O–H groups in total. The van der Waals surface area contributed by atoms with Crippen molar-refractivity contribution >= 4 is 17.5 Å². The molecule has 2 heterocycles. The summed E-state index contributed by atoms with van der Waals surface area (Å²) < 4.78 is 5.56. The monoisotopic (exact) mass is 332 g/mol. The molecule has 1 aliphatic rings. The molecular formula is C18H21ClN2O2. The van der Waals surface area contributed by atoms with E-state index in [2.05, 4.69) is 10.2 Å². The Hall–Kier alpha value is -1.78. The zero-order chi connectivity index (χ0) is 16.1. The molecule has 1 aromatic carbocycles. The molecule has 2 aromatic rings. The van der Waals surface area contributed by atoms with E-state index >= 15 is 0 Å². The summed E-state index contributed by atoms with van der Waals surface area (Å²) in [5, 5.41) is 3.72. The van der Waals surface area contributed by atoms with Crippen LogP contribution in [0.25, 0.3) is 0 Å². The molecule has 1 amide bonds. The van der Waals surface area contributed by atoms with E-state index in [0.717, 1.165) is 24.4 Å². The van der Waals surface area contributed by atoms with Crippen molar-refractivity contribution < 1.29 is 9.21 Å². The molecule has 1 aliphatic heterocycles. The van der Waals surface area contributed by atoms with Crippen LogP contribution in [-0.4, -0.2) is 30.4 Å². The number of rotatable bonds is 6. The van der Waals surface area contributed by atoms with E-state index in [1.54, 1.807) is 18.4 Å². The quantitative estimate of drug-likeness (QED) is 0.881. The summed E-state index contributed by atoms with van der Waals surface area (Å²) in [6, 6.07) is 11.4. The third-order valence-corrected chi connectivity index (χ3v) is 4.48. The lowest BCUT2D eigenvalue weighted by molar-refractivity contribution is -0.120. The summed E-state index contributed by atoms with van der Waals surface area (Å²) in [5.41, 5.74) is 0.961. The van der Waals surface area contributed by atoms with Gasteiger partial charge in [0.05, 0.1) is 18.7 Å². The largest absolute Gasteiger partial charge is 0.468 e. The van der Waals surface area contributed by atoms with Gasteiger partial charge < -0.3 is 9.73 Å². The van der Waals surface area contributed by atoms with Gasteiger partial charge in [-0.1, -0.05) is 23.7 Å². The molecule has 0 bridgehead atoms. The first-order valence-corrected chi connectivity index (χ1v) is 8.39. The van der Waals surface area contributed by atoms with Gasteiger partial charge in [0.25, 0.3) is 0 Å². The Labute approximate surface area is 141 Å². The SMILES string of the molecule is O=C(Cc1ccc(Cl)cc1)NC[C@H](c1ccco1)N1CCCC1. The molecule has 0 aliphatic carbocycles. The number of carbonyl (C=O) groups excluding carboxylic acids is 1. The van der Waals surface area contributed by atoms with E-state index in [4.69, 9.17) is 16.0 Å². The Morgan fingerprint density at radius 1 is 1.22 bits per heavy atom. The number of furan rings is 1. The fourth-order valence-electron chi connectivity index (χ4n) is 3.00. The molecule has 5 heteroatoms. The fourth-order valence-corrected chi connectivity index (χ4v) is 3.13. The molecule has 1 saturated heterocycles. The van der Waals surface area contributed by atoms with E-state index in [-0.39, 0.29) is 11.9 Å². The van der Waals surface area contributed by atoms with Crippen molar-refractivity contribution in [3.05, 3.63) is 59.0 Å². The molecule has 0 saturated carbocycles. The number of likely N-dealkylation sites (tertiary alicyclic amines) is 1. The molecule has 122 valence electrons. The number of halogens is 1. The van der Waals surface area contributed by atoms with Gasteiger partial charge in [-0.3, -0.25) is 9.69 Å². The van der Waals surface area contributed by atoms with E-state index < -0.39 is 0 Å². The van der Waals surface area contributed by atoms with Crippen molar-refractivity contribution in [2.75, 3.05) is 19.6 Å². The summed E-state index contributed by atoms with van der Waals surface area (Å²) in [4.78, 5) is 14.6. The van der Waals surface area contributed by atoms with Gasteiger partial charge in [0.2, 0.25) is 5.91 Å². The molecule has 0 unspecified atom stereocenters. The fraction of sp³-hybridized carbons (Fsp3) is 0.389. The molecule has 3 rings (SSSR count). The van der Waals surface area contributed by atoms with Crippen LogP contribution in [0.3, 0.4) is 0 Å². The van der Waals surface area contributed by atoms with Gasteiger partial charge in [0, 0.05) is 11.6 Å². The second-order valence-electron chi connectivity index (χ2n) is 5.88. The van der Waals surface area contributed by atoms with Gasteiger partial charge >= 0.3 is 0 Å². The highest BCUT2D eigenvalue weighted by molar-refractivity contribution is 6.30. The van der Waals surface area contributed by atoms with Gasteiger partial charge in [0.1, 0.15) is 5.76 Å². The van der Waals surface area contributed by atoms with Gasteiger partial charge in [-0.25, -0.2) is 0 Å². The molecule has 23 heavy (non-hydrogen) atoms. The minimum atomic E-state index is 0.0167. The summed E-state index contributed by atoms with van der Waals surface area (Å²) in [6.07, 6.45) is 4.46. The average Bonchev–Trinajstić information content (AvgIpc) is 3.24. The van der Waals surface area contributed by atoms with Crippen LogP contribution in [0.2, 0.25) is 5.02 Å². The van der Waals surface area contributed by atoms with Gasteiger partial charge in [-0.05, 0) is 55.8 Å². The number of hydrogen-bond donors (Lipinski definition) is 1. The molecule has 4 nitrogen and oxygen atoms in total. The van der Waals surface area contributed by atoms with E-state index in [0.29, 0.717) is 18.0 Å². The Bertz CT molecular complexity index is 619.